The number of carbonyl (C=O) groups is 1. The third kappa shape index (κ3) is 3.01. The molecule has 0 saturated carbocycles. The molecule has 1 saturated heterocycles. The molecule has 1 aromatic carbocycles. The number of hydrogen-bond donors (Lipinski definition) is 0. The normalized spacial score (nSPS) is 18.5. The summed E-state index contributed by atoms with van der Waals surface area (Å²) in [5, 5.41) is 5.04. The average Bonchev–Trinajstić information content (AvgIpc) is 2.87. The van der Waals surface area contributed by atoms with Crippen molar-refractivity contribution < 1.29 is 4.79 Å². The van der Waals surface area contributed by atoms with Crippen LogP contribution in [0, 0.1) is 6.92 Å². The Bertz CT molecular complexity index is 664. The first-order valence-corrected chi connectivity index (χ1v) is 8.74. The molecular weight excluding hydrogens is 318 g/mol. The van der Waals surface area contributed by atoms with Gasteiger partial charge in [0.25, 0.3) is 5.91 Å². The highest BCUT2D eigenvalue weighted by molar-refractivity contribution is 7.99. The maximum absolute atomic E-state index is 12.8. The third-order valence-electron chi connectivity index (χ3n) is 3.98. The molecule has 1 atom stereocenters. The van der Waals surface area contributed by atoms with Gasteiger partial charge < -0.3 is 4.90 Å². The van der Waals surface area contributed by atoms with Crippen LogP contribution in [0.5, 0.6) is 0 Å². The van der Waals surface area contributed by atoms with E-state index in [1.165, 1.54) is 0 Å². The molecule has 0 bridgehead atoms. The van der Waals surface area contributed by atoms with Gasteiger partial charge in [-0.05, 0) is 30.7 Å². The molecule has 4 nitrogen and oxygen atoms in total. The van der Waals surface area contributed by atoms with E-state index < -0.39 is 0 Å². The molecule has 0 aliphatic carbocycles. The average molecular weight is 336 g/mol. The lowest BCUT2D eigenvalue weighted by atomic mass is 10.1. The molecule has 22 heavy (non-hydrogen) atoms. The van der Waals surface area contributed by atoms with E-state index in [1.54, 1.807) is 4.68 Å². The highest BCUT2D eigenvalue weighted by Gasteiger charge is 2.30. The molecule has 1 aromatic heterocycles. The van der Waals surface area contributed by atoms with Crippen molar-refractivity contribution in [1.29, 1.82) is 0 Å². The van der Waals surface area contributed by atoms with Crippen LogP contribution in [0.15, 0.2) is 30.3 Å². The van der Waals surface area contributed by atoms with Crippen molar-refractivity contribution in [3.05, 3.63) is 52.3 Å². The van der Waals surface area contributed by atoms with Crippen molar-refractivity contribution in [2.24, 2.45) is 7.05 Å². The number of aryl methyl sites for hydroxylation is 2. The summed E-state index contributed by atoms with van der Waals surface area (Å²) in [4.78, 5) is 14.8. The summed E-state index contributed by atoms with van der Waals surface area (Å²) in [5.74, 6) is 1.87. The van der Waals surface area contributed by atoms with Crippen molar-refractivity contribution >= 4 is 29.3 Å². The Morgan fingerprint density at radius 1 is 1.36 bits per heavy atom. The molecular formula is C16H18ClN3OS. The summed E-state index contributed by atoms with van der Waals surface area (Å²) >= 11 is 7.84. The topological polar surface area (TPSA) is 38.1 Å². The maximum Gasteiger partial charge on any atom is 0.274 e. The summed E-state index contributed by atoms with van der Waals surface area (Å²) in [7, 11) is 1.86. The zero-order valence-electron chi connectivity index (χ0n) is 12.6. The molecule has 0 unspecified atom stereocenters. The van der Waals surface area contributed by atoms with Gasteiger partial charge in [0.2, 0.25) is 0 Å². The zero-order valence-corrected chi connectivity index (χ0v) is 14.2. The maximum atomic E-state index is 12.8. The molecule has 3 rings (SSSR count). The van der Waals surface area contributed by atoms with Gasteiger partial charge >= 0.3 is 0 Å². The van der Waals surface area contributed by atoms with Crippen LogP contribution in [0.4, 0.5) is 0 Å². The minimum absolute atomic E-state index is 0.00366. The number of amides is 1. The first kappa shape index (κ1) is 15.4. The van der Waals surface area contributed by atoms with E-state index in [1.807, 2.05) is 61.0 Å². The van der Waals surface area contributed by atoms with Crippen LogP contribution < -0.4 is 0 Å². The van der Waals surface area contributed by atoms with Gasteiger partial charge in [0.15, 0.2) is 5.69 Å². The number of benzene rings is 1. The Morgan fingerprint density at radius 3 is 2.73 bits per heavy atom. The smallest absolute Gasteiger partial charge is 0.274 e. The molecule has 1 aliphatic rings. The number of rotatable bonds is 2. The van der Waals surface area contributed by atoms with E-state index in [9.17, 15) is 4.79 Å². The molecule has 2 aromatic rings. The van der Waals surface area contributed by atoms with Gasteiger partial charge in [-0.25, -0.2) is 0 Å². The van der Waals surface area contributed by atoms with E-state index in [-0.39, 0.29) is 11.9 Å². The van der Waals surface area contributed by atoms with Crippen LogP contribution in [0.2, 0.25) is 5.02 Å². The molecule has 116 valence electrons. The monoisotopic (exact) mass is 335 g/mol. The number of hydrogen-bond acceptors (Lipinski definition) is 3. The molecule has 0 radical (unpaired) electrons. The van der Waals surface area contributed by atoms with Crippen molar-refractivity contribution in [2.45, 2.75) is 13.0 Å². The predicted molar refractivity (Wildman–Crippen MR) is 90.5 cm³/mol. The molecule has 6 heteroatoms. The second-order valence-electron chi connectivity index (χ2n) is 5.44. The fourth-order valence-electron chi connectivity index (χ4n) is 2.62. The van der Waals surface area contributed by atoms with Crippen LogP contribution in [-0.4, -0.2) is 38.6 Å². The lowest BCUT2D eigenvalue weighted by Gasteiger charge is -2.35. The summed E-state index contributed by atoms with van der Waals surface area (Å²) in [6.07, 6.45) is 0. The second kappa shape index (κ2) is 6.34. The van der Waals surface area contributed by atoms with E-state index in [0.29, 0.717) is 10.7 Å². The molecule has 1 amide bonds. The van der Waals surface area contributed by atoms with Crippen LogP contribution in [-0.2, 0) is 7.05 Å². The van der Waals surface area contributed by atoms with Gasteiger partial charge in [-0.1, -0.05) is 23.7 Å². The van der Waals surface area contributed by atoms with Gasteiger partial charge in [-0.15, -0.1) is 0 Å². The van der Waals surface area contributed by atoms with Crippen LogP contribution in [0.3, 0.4) is 0 Å². The number of carbonyl (C=O) groups excluding carboxylic acids is 1. The number of aromatic nitrogens is 2. The summed E-state index contributed by atoms with van der Waals surface area (Å²) in [5.41, 5.74) is 2.63. The van der Waals surface area contributed by atoms with Crippen molar-refractivity contribution in [1.82, 2.24) is 14.7 Å². The Balaban J connectivity index is 1.89. The quantitative estimate of drug-likeness (QED) is 0.845. The van der Waals surface area contributed by atoms with Crippen LogP contribution in [0.25, 0.3) is 0 Å². The van der Waals surface area contributed by atoms with Crippen LogP contribution >= 0.6 is 23.4 Å². The lowest BCUT2D eigenvalue weighted by molar-refractivity contribution is 0.0694. The summed E-state index contributed by atoms with van der Waals surface area (Å²) < 4.78 is 1.74. The van der Waals surface area contributed by atoms with Crippen LogP contribution in [0.1, 0.15) is 27.8 Å². The highest BCUT2D eigenvalue weighted by Crippen LogP contribution is 2.31. The Morgan fingerprint density at radius 2 is 2.09 bits per heavy atom. The first-order valence-electron chi connectivity index (χ1n) is 7.21. The highest BCUT2D eigenvalue weighted by atomic mass is 35.5. The molecule has 1 fully saturated rings. The van der Waals surface area contributed by atoms with Gasteiger partial charge in [-0.3, -0.25) is 9.48 Å². The van der Waals surface area contributed by atoms with Crippen molar-refractivity contribution in [2.75, 3.05) is 18.1 Å². The number of nitrogens with zero attached hydrogens (tertiary/aromatic N) is 3. The number of thioether (sulfide) groups is 1. The predicted octanol–water partition coefficient (Wildman–Crippen LogP) is 3.31. The van der Waals surface area contributed by atoms with E-state index in [0.717, 1.165) is 29.3 Å². The minimum Gasteiger partial charge on any atom is -0.329 e. The SMILES string of the molecule is Cc1cc(C(=O)N2CCSC[C@H]2c2ccc(Cl)cc2)nn1C. The van der Waals surface area contributed by atoms with Gasteiger partial charge in [0.05, 0.1) is 6.04 Å². The number of halogens is 1. The molecule has 0 N–H and O–H groups in total. The fraction of sp³-hybridized carbons (Fsp3) is 0.375. The summed E-state index contributed by atoms with van der Waals surface area (Å²) in [6.45, 7) is 2.69. The first-order chi connectivity index (χ1) is 10.6. The molecule has 0 spiro atoms. The third-order valence-corrected chi connectivity index (χ3v) is 5.25. The summed E-state index contributed by atoms with van der Waals surface area (Å²) in [6, 6.07) is 9.69. The zero-order chi connectivity index (χ0) is 15.7. The van der Waals surface area contributed by atoms with E-state index >= 15 is 0 Å². The standard InChI is InChI=1S/C16H18ClN3OS/c1-11-9-14(18-19(11)2)16(21)20-7-8-22-10-15(20)12-3-5-13(17)6-4-12/h3-6,9,15H,7-8,10H2,1-2H3/t15-/m0/s1. The van der Waals surface area contributed by atoms with Gasteiger partial charge in [0.1, 0.15) is 0 Å². The molecule has 2 heterocycles. The fourth-order valence-corrected chi connectivity index (χ4v) is 3.83. The van der Waals surface area contributed by atoms with Gasteiger partial charge in [-0.2, -0.15) is 16.9 Å². The van der Waals surface area contributed by atoms with Gasteiger partial charge in [0, 0.05) is 35.8 Å². The Kier molecular flexibility index (Phi) is 4.45. The van der Waals surface area contributed by atoms with Crippen molar-refractivity contribution in [3.63, 3.8) is 0 Å². The van der Waals surface area contributed by atoms with Crippen molar-refractivity contribution in [3.8, 4) is 0 Å². The molecule has 1 aliphatic heterocycles. The lowest BCUT2D eigenvalue weighted by Crippen LogP contribution is -2.41. The minimum atomic E-state index is 0.00366. The van der Waals surface area contributed by atoms with E-state index in [4.69, 9.17) is 11.6 Å². The largest absolute Gasteiger partial charge is 0.329 e. The Hall–Kier alpha value is -1.46. The second-order valence-corrected chi connectivity index (χ2v) is 7.02. The Labute approximate surface area is 139 Å². The van der Waals surface area contributed by atoms with E-state index in [2.05, 4.69) is 5.10 Å².